The van der Waals surface area contributed by atoms with Crippen LogP contribution in [0.3, 0.4) is 0 Å². The molecule has 9 nitrogen and oxygen atoms in total. The Labute approximate surface area is 204 Å². The first kappa shape index (κ1) is 24.1. The van der Waals surface area contributed by atoms with Crippen molar-refractivity contribution in [3.8, 4) is 5.75 Å². The first-order valence-electron chi connectivity index (χ1n) is 10.8. The van der Waals surface area contributed by atoms with Crippen LogP contribution < -0.4 is 19.6 Å². The smallest absolute Gasteiger partial charge is 0.338 e. The van der Waals surface area contributed by atoms with E-state index in [4.69, 9.17) is 9.47 Å². The molecule has 0 N–H and O–H groups in total. The number of fused-ring (bicyclic) bond motifs is 1. The van der Waals surface area contributed by atoms with E-state index in [2.05, 4.69) is 4.99 Å². The Balaban J connectivity index is 1.92. The molecule has 0 saturated carbocycles. The minimum absolute atomic E-state index is 0.0720. The number of rotatable bonds is 6. The number of benzene rings is 2. The summed E-state index contributed by atoms with van der Waals surface area (Å²) in [6.07, 6.45) is 1.24. The molecule has 2 heterocycles. The van der Waals surface area contributed by atoms with Crippen molar-refractivity contribution >= 4 is 29.1 Å². The second kappa shape index (κ2) is 9.67. The summed E-state index contributed by atoms with van der Waals surface area (Å²) in [5, 5.41) is 11.1. The Hall–Kier alpha value is -4.05. The van der Waals surface area contributed by atoms with Gasteiger partial charge in [-0.25, -0.2) is 9.79 Å². The minimum Gasteiger partial charge on any atom is -0.497 e. The fraction of sp³-hybridized carbons (Fsp3) is 0.240. The van der Waals surface area contributed by atoms with Gasteiger partial charge < -0.3 is 9.47 Å². The Kier molecular flexibility index (Phi) is 6.65. The van der Waals surface area contributed by atoms with Crippen LogP contribution in [0.1, 0.15) is 37.9 Å². The fourth-order valence-electron chi connectivity index (χ4n) is 3.84. The lowest BCUT2D eigenvalue weighted by atomic mass is 9.96. The molecule has 35 heavy (non-hydrogen) atoms. The number of hydrogen-bond acceptors (Lipinski definition) is 8. The lowest BCUT2D eigenvalue weighted by molar-refractivity contribution is -0.384. The number of aromatic nitrogens is 1. The predicted molar refractivity (Wildman–Crippen MR) is 131 cm³/mol. The molecule has 0 bridgehead atoms. The summed E-state index contributed by atoms with van der Waals surface area (Å²) in [6.45, 7) is 5.22. The number of thiazole rings is 1. The topological polar surface area (TPSA) is 113 Å². The van der Waals surface area contributed by atoms with Gasteiger partial charge in [-0.15, -0.1) is 0 Å². The van der Waals surface area contributed by atoms with Crippen LogP contribution in [0.15, 0.2) is 69.6 Å². The van der Waals surface area contributed by atoms with Gasteiger partial charge in [0.05, 0.1) is 40.0 Å². The molecule has 0 fully saturated rings. The molecule has 4 rings (SSSR count). The van der Waals surface area contributed by atoms with Gasteiger partial charge in [-0.2, -0.15) is 0 Å². The molecule has 0 spiro atoms. The van der Waals surface area contributed by atoms with Crippen molar-refractivity contribution < 1.29 is 19.2 Å². The standard InChI is InChI=1S/C25H23N3O6S/c1-14(2)34-24(30)21-15(3)26-25-27(22(21)17-8-10-19(33-4)11-9-17)23(29)20(35-25)13-16-6-5-7-18(12-16)28(31)32/h5-14,22H,1-4H3/b20-13+/t22-/m0/s1. The Bertz CT molecular complexity index is 1520. The summed E-state index contributed by atoms with van der Waals surface area (Å²) in [5.74, 6) is 0.0915. The number of esters is 1. The van der Waals surface area contributed by atoms with Crippen molar-refractivity contribution in [1.82, 2.24) is 4.57 Å². The van der Waals surface area contributed by atoms with Crippen molar-refractivity contribution in [3.63, 3.8) is 0 Å². The third-order valence-corrected chi connectivity index (χ3v) is 6.38. The highest BCUT2D eigenvalue weighted by atomic mass is 32.1. The van der Waals surface area contributed by atoms with Crippen LogP contribution in [0.4, 0.5) is 5.69 Å². The Morgan fingerprint density at radius 2 is 1.94 bits per heavy atom. The maximum Gasteiger partial charge on any atom is 0.338 e. The molecule has 1 aliphatic rings. The summed E-state index contributed by atoms with van der Waals surface area (Å²) < 4.78 is 12.6. The number of ether oxygens (including phenoxy) is 2. The zero-order valence-corrected chi connectivity index (χ0v) is 20.4. The maximum absolute atomic E-state index is 13.6. The van der Waals surface area contributed by atoms with Crippen LogP contribution in [0, 0.1) is 10.1 Å². The number of nitrogens with zero attached hydrogens (tertiary/aromatic N) is 3. The monoisotopic (exact) mass is 493 g/mol. The lowest BCUT2D eigenvalue weighted by Crippen LogP contribution is -2.40. The van der Waals surface area contributed by atoms with E-state index in [0.29, 0.717) is 31.9 Å². The summed E-state index contributed by atoms with van der Waals surface area (Å²) in [7, 11) is 1.56. The number of methoxy groups -OCH3 is 1. The van der Waals surface area contributed by atoms with Gasteiger partial charge in [0.1, 0.15) is 5.75 Å². The molecule has 0 aliphatic carbocycles. The van der Waals surface area contributed by atoms with Gasteiger partial charge in [-0.3, -0.25) is 19.5 Å². The van der Waals surface area contributed by atoms with Crippen LogP contribution in [0.25, 0.3) is 6.08 Å². The van der Waals surface area contributed by atoms with Gasteiger partial charge >= 0.3 is 5.97 Å². The highest BCUT2D eigenvalue weighted by Gasteiger charge is 2.33. The van der Waals surface area contributed by atoms with E-state index >= 15 is 0 Å². The van der Waals surface area contributed by atoms with E-state index in [-0.39, 0.29) is 22.9 Å². The molecule has 0 saturated heterocycles. The van der Waals surface area contributed by atoms with E-state index in [1.807, 2.05) is 0 Å². The van der Waals surface area contributed by atoms with Crippen LogP contribution >= 0.6 is 11.3 Å². The average molecular weight is 494 g/mol. The normalized spacial score (nSPS) is 15.6. The number of nitro groups is 1. The molecule has 10 heteroatoms. The first-order chi connectivity index (χ1) is 16.7. The minimum atomic E-state index is -0.754. The van der Waals surface area contributed by atoms with Crippen LogP contribution in [0.5, 0.6) is 5.75 Å². The van der Waals surface area contributed by atoms with Crippen LogP contribution in [-0.2, 0) is 9.53 Å². The van der Waals surface area contributed by atoms with Crippen molar-refractivity contribution in [2.24, 2.45) is 4.99 Å². The highest BCUT2D eigenvalue weighted by molar-refractivity contribution is 7.07. The van der Waals surface area contributed by atoms with Crippen molar-refractivity contribution in [2.45, 2.75) is 32.9 Å². The van der Waals surface area contributed by atoms with Crippen LogP contribution in [0.2, 0.25) is 0 Å². The molecule has 2 aromatic carbocycles. The number of carbonyl (C=O) groups is 1. The maximum atomic E-state index is 13.6. The van der Waals surface area contributed by atoms with Crippen LogP contribution in [-0.4, -0.2) is 28.7 Å². The second-order valence-corrected chi connectivity index (χ2v) is 9.17. The molecule has 3 aromatic rings. The molecular weight excluding hydrogens is 470 g/mol. The summed E-state index contributed by atoms with van der Waals surface area (Å²) in [6, 6.07) is 12.4. The zero-order valence-electron chi connectivity index (χ0n) is 19.6. The molecule has 0 radical (unpaired) electrons. The number of non-ortho nitro benzene ring substituents is 1. The van der Waals surface area contributed by atoms with Crippen molar-refractivity contribution in [3.05, 3.63) is 101 Å². The Morgan fingerprint density at radius 3 is 2.57 bits per heavy atom. The largest absolute Gasteiger partial charge is 0.497 e. The van der Waals surface area contributed by atoms with E-state index in [1.165, 1.54) is 16.7 Å². The van der Waals surface area contributed by atoms with E-state index in [1.54, 1.807) is 70.4 Å². The van der Waals surface area contributed by atoms with Crippen molar-refractivity contribution in [1.29, 1.82) is 0 Å². The summed E-state index contributed by atoms with van der Waals surface area (Å²) in [4.78, 5) is 42.3. The summed E-state index contributed by atoms with van der Waals surface area (Å²) in [5.41, 5.74) is 1.51. The van der Waals surface area contributed by atoms with E-state index in [0.717, 1.165) is 11.3 Å². The molecule has 1 aliphatic heterocycles. The molecular formula is C25H23N3O6S. The van der Waals surface area contributed by atoms with Crippen molar-refractivity contribution in [2.75, 3.05) is 7.11 Å². The van der Waals surface area contributed by atoms with Gasteiger partial charge in [0, 0.05) is 12.1 Å². The van der Waals surface area contributed by atoms with Gasteiger partial charge in [-0.05, 0) is 50.1 Å². The highest BCUT2D eigenvalue weighted by Crippen LogP contribution is 2.31. The van der Waals surface area contributed by atoms with Gasteiger partial charge in [0.2, 0.25) is 0 Å². The quantitative estimate of drug-likeness (QED) is 0.296. The van der Waals surface area contributed by atoms with E-state index in [9.17, 15) is 19.7 Å². The fourth-order valence-corrected chi connectivity index (χ4v) is 4.89. The predicted octanol–water partition coefficient (Wildman–Crippen LogP) is 3.10. The molecule has 0 amide bonds. The first-order valence-corrected chi connectivity index (χ1v) is 11.6. The second-order valence-electron chi connectivity index (χ2n) is 8.16. The number of nitro benzene ring substituents is 1. The Morgan fingerprint density at radius 1 is 1.23 bits per heavy atom. The molecule has 180 valence electrons. The van der Waals surface area contributed by atoms with E-state index < -0.39 is 16.9 Å². The number of hydrogen-bond donors (Lipinski definition) is 0. The van der Waals surface area contributed by atoms with Gasteiger partial charge in [0.15, 0.2) is 4.80 Å². The number of carbonyl (C=O) groups excluding carboxylic acids is 1. The third-order valence-electron chi connectivity index (χ3n) is 5.39. The van der Waals surface area contributed by atoms with Gasteiger partial charge in [-0.1, -0.05) is 35.6 Å². The van der Waals surface area contributed by atoms with Gasteiger partial charge in [0.25, 0.3) is 11.2 Å². The lowest BCUT2D eigenvalue weighted by Gasteiger charge is -2.25. The number of allylic oxidation sites excluding steroid dienone is 1. The summed E-state index contributed by atoms with van der Waals surface area (Å²) >= 11 is 1.16. The zero-order chi connectivity index (χ0) is 25.3. The third kappa shape index (κ3) is 4.78. The molecule has 1 atom stereocenters. The average Bonchev–Trinajstić information content (AvgIpc) is 3.12. The molecule has 1 aromatic heterocycles. The SMILES string of the molecule is COc1ccc([C@H]2C(C(=O)OC(C)C)=C(C)N=c3s/c(=C/c4cccc([N+](=O)[O-])c4)c(=O)n32)cc1. The molecule has 0 unspecified atom stereocenters.